The Morgan fingerprint density at radius 3 is 2.41 bits per heavy atom. The van der Waals surface area contributed by atoms with E-state index in [1.165, 1.54) is 5.56 Å². The molecule has 0 N–H and O–H groups in total. The van der Waals surface area contributed by atoms with E-state index in [1.54, 1.807) is 6.08 Å². The third kappa shape index (κ3) is 3.22. The van der Waals surface area contributed by atoms with E-state index in [4.69, 9.17) is 4.74 Å². The van der Waals surface area contributed by atoms with Gasteiger partial charge in [-0.05, 0) is 18.6 Å². The van der Waals surface area contributed by atoms with Crippen LogP contribution in [0.5, 0.6) is 5.75 Å². The van der Waals surface area contributed by atoms with Gasteiger partial charge in [0.25, 0.3) is 0 Å². The highest BCUT2D eigenvalue weighted by Gasteiger charge is 1.99. The van der Waals surface area contributed by atoms with Gasteiger partial charge in [0.2, 0.25) is 0 Å². The first-order valence-electron chi connectivity index (χ1n) is 5.61. The molecule has 0 saturated carbocycles. The fraction of sp³-hybridized carbons (Fsp3) is 0.0625. The van der Waals surface area contributed by atoms with Crippen LogP contribution in [0.3, 0.4) is 0 Å². The van der Waals surface area contributed by atoms with Crippen LogP contribution in [-0.2, 0) is 6.61 Å². The van der Waals surface area contributed by atoms with Crippen LogP contribution < -0.4 is 4.74 Å². The Balaban J connectivity index is 2.09. The second kappa shape index (κ2) is 5.90. The lowest BCUT2D eigenvalue weighted by Gasteiger charge is -2.09. The molecule has 0 unspecified atom stereocenters. The Morgan fingerprint density at radius 2 is 1.65 bits per heavy atom. The molecule has 0 aliphatic heterocycles. The molecule has 0 bridgehead atoms. The van der Waals surface area contributed by atoms with E-state index in [0.29, 0.717) is 6.61 Å². The number of ether oxygens (including phenoxy) is 1. The minimum absolute atomic E-state index is 0.586. The summed E-state index contributed by atoms with van der Waals surface area (Å²) in [7, 11) is 0. The Morgan fingerprint density at radius 1 is 0.941 bits per heavy atom. The van der Waals surface area contributed by atoms with Crippen molar-refractivity contribution in [3.8, 4) is 5.75 Å². The second-order valence-corrected chi connectivity index (χ2v) is 3.71. The summed E-state index contributed by atoms with van der Waals surface area (Å²) in [5.74, 6) is 0.885. The predicted molar refractivity (Wildman–Crippen MR) is 71.6 cm³/mol. The van der Waals surface area contributed by atoms with E-state index in [9.17, 15) is 0 Å². The Kier molecular flexibility index (Phi) is 3.98. The van der Waals surface area contributed by atoms with E-state index in [2.05, 4.69) is 19.1 Å². The molecule has 0 fully saturated rings. The van der Waals surface area contributed by atoms with Crippen LogP contribution in [0.2, 0.25) is 0 Å². The fourth-order valence-electron chi connectivity index (χ4n) is 1.61. The van der Waals surface area contributed by atoms with Crippen molar-refractivity contribution in [2.75, 3.05) is 0 Å². The van der Waals surface area contributed by atoms with Crippen molar-refractivity contribution in [2.24, 2.45) is 0 Å². The van der Waals surface area contributed by atoms with Crippen LogP contribution in [-0.4, -0.2) is 0 Å². The molecule has 0 heterocycles. The number of benzene rings is 2. The first-order valence-corrected chi connectivity index (χ1v) is 5.61. The number of hydrogen-bond donors (Lipinski definition) is 0. The highest BCUT2D eigenvalue weighted by atomic mass is 16.5. The summed E-state index contributed by atoms with van der Waals surface area (Å²) < 4.78 is 5.80. The molecule has 0 atom stereocenters. The third-order valence-electron chi connectivity index (χ3n) is 2.45. The summed E-state index contributed by atoms with van der Waals surface area (Å²) in [5, 5.41) is 0. The molecule has 0 saturated heterocycles. The Hall–Kier alpha value is -2.02. The number of allylic oxidation sites excluding steroid dienone is 1. The van der Waals surface area contributed by atoms with Crippen molar-refractivity contribution in [1.82, 2.24) is 0 Å². The molecule has 1 radical (unpaired) electrons. The smallest absolute Gasteiger partial charge is 0.127 e. The van der Waals surface area contributed by atoms with Gasteiger partial charge in [-0.25, -0.2) is 0 Å². The highest BCUT2D eigenvalue weighted by molar-refractivity contribution is 5.57. The van der Waals surface area contributed by atoms with Crippen molar-refractivity contribution in [2.45, 2.75) is 6.61 Å². The van der Waals surface area contributed by atoms with Gasteiger partial charge < -0.3 is 4.74 Å². The highest BCUT2D eigenvalue weighted by Crippen LogP contribution is 2.20. The fourth-order valence-corrected chi connectivity index (χ4v) is 1.61. The molecule has 2 rings (SSSR count). The van der Waals surface area contributed by atoms with Crippen molar-refractivity contribution < 1.29 is 4.74 Å². The maximum absolute atomic E-state index is 5.80. The van der Waals surface area contributed by atoms with Crippen molar-refractivity contribution in [3.63, 3.8) is 0 Å². The second-order valence-electron chi connectivity index (χ2n) is 3.71. The topological polar surface area (TPSA) is 9.23 Å². The van der Waals surface area contributed by atoms with Crippen LogP contribution in [0.25, 0.3) is 6.08 Å². The van der Waals surface area contributed by atoms with Crippen LogP contribution >= 0.6 is 0 Å². The zero-order valence-electron chi connectivity index (χ0n) is 9.67. The molecule has 0 spiro atoms. The van der Waals surface area contributed by atoms with Crippen LogP contribution in [0.1, 0.15) is 11.1 Å². The summed E-state index contributed by atoms with van der Waals surface area (Å²) in [6.45, 7) is 4.29. The van der Waals surface area contributed by atoms with E-state index in [0.717, 1.165) is 11.3 Å². The summed E-state index contributed by atoms with van der Waals surface area (Å²) in [4.78, 5) is 0. The van der Waals surface area contributed by atoms with Crippen LogP contribution in [0, 0.1) is 6.92 Å². The molecule has 0 aromatic heterocycles. The number of rotatable bonds is 4. The minimum atomic E-state index is 0.586. The van der Waals surface area contributed by atoms with Gasteiger partial charge in [-0.1, -0.05) is 60.7 Å². The molecule has 0 aliphatic carbocycles. The minimum Gasteiger partial charge on any atom is -0.488 e. The first kappa shape index (κ1) is 11.5. The molecular weight excluding hydrogens is 208 g/mol. The molecular formula is C16H15O. The molecule has 2 aromatic rings. The number of para-hydroxylation sites is 1. The van der Waals surface area contributed by atoms with Gasteiger partial charge in [0.15, 0.2) is 0 Å². The molecule has 17 heavy (non-hydrogen) atoms. The van der Waals surface area contributed by atoms with E-state index < -0.39 is 0 Å². The number of hydrogen-bond acceptors (Lipinski definition) is 1. The van der Waals surface area contributed by atoms with E-state index >= 15 is 0 Å². The summed E-state index contributed by atoms with van der Waals surface area (Å²) in [6.07, 6.45) is 3.71. The van der Waals surface area contributed by atoms with Crippen molar-refractivity contribution in [1.29, 1.82) is 0 Å². The van der Waals surface area contributed by atoms with Crippen molar-refractivity contribution in [3.05, 3.63) is 78.7 Å². The third-order valence-corrected chi connectivity index (χ3v) is 2.45. The van der Waals surface area contributed by atoms with Gasteiger partial charge in [-0.2, -0.15) is 0 Å². The monoisotopic (exact) mass is 223 g/mol. The van der Waals surface area contributed by atoms with Gasteiger partial charge in [-0.3, -0.25) is 0 Å². The van der Waals surface area contributed by atoms with Crippen LogP contribution in [0.15, 0.2) is 60.7 Å². The summed E-state index contributed by atoms with van der Waals surface area (Å²) in [5.41, 5.74) is 2.22. The zero-order valence-corrected chi connectivity index (χ0v) is 9.67. The molecule has 1 nitrogen and oxygen atoms in total. The zero-order chi connectivity index (χ0) is 11.9. The lowest BCUT2D eigenvalue weighted by atomic mass is 10.2. The van der Waals surface area contributed by atoms with Gasteiger partial charge >= 0.3 is 0 Å². The van der Waals surface area contributed by atoms with E-state index in [1.807, 2.05) is 48.5 Å². The molecule has 1 heteroatoms. The first-order chi connectivity index (χ1) is 8.40. The summed E-state index contributed by atoms with van der Waals surface area (Å²) in [6, 6.07) is 18.1. The van der Waals surface area contributed by atoms with Gasteiger partial charge in [-0.15, -0.1) is 0 Å². The predicted octanol–water partition coefficient (Wildman–Crippen LogP) is 4.11. The van der Waals surface area contributed by atoms with Crippen LogP contribution in [0.4, 0.5) is 0 Å². The Bertz CT molecular complexity index is 486. The normalized spacial score (nSPS) is 10.6. The molecule has 2 aromatic carbocycles. The average Bonchev–Trinajstić information content (AvgIpc) is 2.39. The quantitative estimate of drug-likeness (QED) is 0.757. The van der Waals surface area contributed by atoms with Gasteiger partial charge in [0.05, 0.1) is 0 Å². The molecule has 0 aliphatic rings. The lowest BCUT2D eigenvalue weighted by Crippen LogP contribution is -1.96. The largest absolute Gasteiger partial charge is 0.488 e. The lowest BCUT2D eigenvalue weighted by molar-refractivity contribution is 0.305. The maximum atomic E-state index is 5.80. The van der Waals surface area contributed by atoms with Crippen molar-refractivity contribution >= 4 is 6.08 Å². The average molecular weight is 223 g/mol. The SMILES string of the molecule is [CH2]/C=C/c1ccccc1OCc1ccccc1. The molecule has 85 valence electrons. The standard InChI is InChI=1S/C16H15O/c1-2-8-15-11-6-7-12-16(15)17-13-14-9-4-3-5-10-14/h2-12H,1,13H2/b8-2+. The summed E-state index contributed by atoms with van der Waals surface area (Å²) >= 11 is 0. The Labute approximate surface area is 102 Å². The maximum Gasteiger partial charge on any atom is 0.127 e. The van der Waals surface area contributed by atoms with E-state index in [-0.39, 0.29) is 0 Å². The van der Waals surface area contributed by atoms with Gasteiger partial charge in [0.1, 0.15) is 12.4 Å². The van der Waals surface area contributed by atoms with Gasteiger partial charge in [0, 0.05) is 5.56 Å². The molecule has 0 amide bonds.